The van der Waals surface area contributed by atoms with Crippen molar-refractivity contribution < 1.29 is 0 Å². The fourth-order valence-electron chi connectivity index (χ4n) is 2.89. The van der Waals surface area contributed by atoms with Gasteiger partial charge in [0, 0.05) is 30.2 Å². The smallest absolute Gasteiger partial charge is 0.180 e. The van der Waals surface area contributed by atoms with E-state index in [1.807, 2.05) is 11.3 Å². The van der Waals surface area contributed by atoms with Crippen molar-refractivity contribution >= 4 is 28.3 Å². The summed E-state index contributed by atoms with van der Waals surface area (Å²) in [6.45, 7) is 6.11. The number of fused-ring (bicyclic) bond motifs is 2. The van der Waals surface area contributed by atoms with Crippen molar-refractivity contribution in [3.05, 3.63) is 39.6 Å². The average Bonchev–Trinajstić information content (AvgIpc) is 2.96. The Hall–Kier alpha value is -2.08. The molecule has 6 heteroatoms. The lowest BCUT2D eigenvalue weighted by atomic mass is 10.1. The summed E-state index contributed by atoms with van der Waals surface area (Å²) in [5.74, 6) is 1.02. The van der Waals surface area contributed by atoms with Gasteiger partial charge in [-0.2, -0.15) is 0 Å². The molecular weight excluding hydrogens is 294 g/mol. The van der Waals surface area contributed by atoms with E-state index in [1.54, 1.807) is 12.4 Å². The number of hydrogen-bond acceptors (Lipinski definition) is 6. The molecule has 0 saturated carbocycles. The first-order valence-corrected chi connectivity index (χ1v) is 8.37. The van der Waals surface area contributed by atoms with Crippen molar-refractivity contribution in [1.29, 1.82) is 0 Å². The van der Waals surface area contributed by atoms with Gasteiger partial charge in [-0.05, 0) is 25.0 Å². The molecule has 3 aromatic heterocycles. The van der Waals surface area contributed by atoms with Gasteiger partial charge in [-0.1, -0.05) is 6.92 Å². The van der Waals surface area contributed by atoms with Crippen LogP contribution in [0.15, 0.2) is 18.5 Å². The normalized spacial score (nSPS) is 14.4. The van der Waals surface area contributed by atoms with Gasteiger partial charge >= 0.3 is 0 Å². The molecule has 0 amide bonds. The molecule has 1 aliphatic rings. The molecule has 0 N–H and O–H groups in total. The lowest BCUT2D eigenvalue weighted by Gasteiger charge is -2.28. The molecule has 0 spiro atoms. The fourth-order valence-corrected chi connectivity index (χ4v) is 3.96. The van der Waals surface area contributed by atoms with Crippen molar-refractivity contribution in [2.24, 2.45) is 0 Å². The van der Waals surface area contributed by atoms with Gasteiger partial charge in [0.05, 0.1) is 17.2 Å². The Balaban J connectivity index is 1.72. The number of thiazole rings is 1. The minimum absolute atomic E-state index is 0.715. The van der Waals surface area contributed by atoms with E-state index in [4.69, 9.17) is 9.97 Å². The Morgan fingerprint density at radius 3 is 2.95 bits per heavy atom. The predicted octanol–water partition coefficient (Wildman–Crippen LogP) is 2.91. The topological polar surface area (TPSA) is 54.8 Å². The Bertz CT molecular complexity index is 842. The molecule has 0 fully saturated rings. The molecule has 3 aromatic rings. The van der Waals surface area contributed by atoms with Gasteiger partial charge in [0.15, 0.2) is 5.65 Å². The molecule has 4 rings (SSSR count). The summed E-state index contributed by atoms with van der Waals surface area (Å²) in [5, 5.41) is 1.24. The molecule has 0 aromatic carbocycles. The molecule has 22 heavy (non-hydrogen) atoms. The van der Waals surface area contributed by atoms with Crippen LogP contribution >= 0.6 is 11.3 Å². The third-order valence-corrected chi connectivity index (χ3v) is 5.23. The minimum Gasteiger partial charge on any atom is -0.351 e. The maximum atomic E-state index is 4.73. The summed E-state index contributed by atoms with van der Waals surface area (Å²) in [6, 6.07) is 2.07. The SMILES string of the molecule is CCc1nc2c(s1)CN(c1nc3nccnc3cc1C)CC2. The Kier molecular flexibility index (Phi) is 3.26. The van der Waals surface area contributed by atoms with Crippen LogP contribution in [0, 0.1) is 6.92 Å². The lowest BCUT2D eigenvalue weighted by Crippen LogP contribution is -2.31. The quantitative estimate of drug-likeness (QED) is 0.728. The summed E-state index contributed by atoms with van der Waals surface area (Å²) >= 11 is 1.83. The van der Waals surface area contributed by atoms with Crippen molar-refractivity contribution in [3.63, 3.8) is 0 Å². The van der Waals surface area contributed by atoms with E-state index in [9.17, 15) is 0 Å². The molecule has 1 aliphatic heterocycles. The monoisotopic (exact) mass is 311 g/mol. The predicted molar refractivity (Wildman–Crippen MR) is 88.3 cm³/mol. The lowest BCUT2D eigenvalue weighted by molar-refractivity contribution is 0.715. The van der Waals surface area contributed by atoms with Crippen molar-refractivity contribution in [1.82, 2.24) is 19.9 Å². The molecule has 0 aliphatic carbocycles. The number of nitrogens with zero attached hydrogens (tertiary/aromatic N) is 5. The summed E-state index contributed by atoms with van der Waals surface area (Å²) in [5.41, 5.74) is 3.99. The molecule has 0 saturated heterocycles. The van der Waals surface area contributed by atoms with Gasteiger partial charge in [0.2, 0.25) is 0 Å². The molecule has 5 nitrogen and oxygen atoms in total. The highest BCUT2D eigenvalue weighted by atomic mass is 32.1. The molecule has 0 bridgehead atoms. The van der Waals surface area contributed by atoms with Crippen molar-refractivity contribution in [2.45, 2.75) is 33.2 Å². The molecule has 4 heterocycles. The third kappa shape index (κ3) is 2.23. The van der Waals surface area contributed by atoms with Gasteiger partial charge in [0.1, 0.15) is 11.3 Å². The minimum atomic E-state index is 0.715. The summed E-state index contributed by atoms with van der Waals surface area (Å²) in [4.78, 5) is 21.8. The molecule has 0 atom stereocenters. The van der Waals surface area contributed by atoms with Crippen LogP contribution in [0.2, 0.25) is 0 Å². The van der Waals surface area contributed by atoms with Crippen LogP contribution in [0.4, 0.5) is 5.82 Å². The number of aryl methyl sites for hydroxylation is 2. The van der Waals surface area contributed by atoms with Crippen molar-refractivity contribution in [2.75, 3.05) is 11.4 Å². The largest absolute Gasteiger partial charge is 0.351 e. The number of aromatic nitrogens is 4. The Morgan fingerprint density at radius 1 is 1.23 bits per heavy atom. The van der Waals surface area contributed by atoms with Gasteiger partial charge in [-0.15, -0.1) is 11.3 Å². The van der Waals surface area contributed by atoms with Crippen LogP contribution in [0.1, 0.15) is 28.1 Å². The van der Waals surface area contributed by atoms with E-state index in [1.165, 1.54) is 15.6 Å². The van der Waals surface area contributed by atoms with Crippen molar-refractivity contribution in [3.8, 4) is 0 Å². The highest BCUT2D eigenvalue weighted by Gasteiger charge is 2.22. The van der Waals surface area contributed by atoms with Gasteiger partial charge in [-0.25, -0.2) is 15.0 Å². The second-order valence-electron chi connectivity index (χ2n) is 5.53. The van der Waals surface area contributed by atoms with Gasteiger partial charge < -0.3 is 4.90 Å². The second kappa shape index (κ2) is 5.28. The van der Waals surface area contributed by atoms with E-state index in [0.29, 0.717) is 5.65 Å². The second-order valence-corrected chi connectivity index (χ2v) is 6.70. The average molecular weight is 311 g/mol. The van der Waals surface area contributed by atoms with Crippen LogP contribution in [0.5, 0.6) is 0 Å². The van der Waals surface area contributed by atoms with Gasteiger partial charge in [-0.3, -0.25) is 4.98 Å². The number of pyridine rings is 1. The van der Waals surface area contributed by atoms with Crippen LogP contribution in [0.3, 0.4) is 0 Å². The van der Waals surface area contributed by atoms with E-state index in [-0.39, 0.29) is 0 Å². The maximum absolute atomic E-state index is 4.73. The zero-order valence-corrected chi connectivity index (χ0v) is 13.5. The van der Waals surface area contributed by atoms with Gasteiger partial charge in [0.25, 0.3) is 0 Å². The first-order chi connectivity index (χ1) is 10.7. The zero-order chi connectivity index (χ0) is 15.1. The van der Waals surface area contributed by atoms with E-state index in [2.05, 4.69) is 34.8 Å². The Labute approximate surface area is 133 Å². The first kappa shape index (κ1) is 13.6. The maximum Gasteiger partial charge on any atom is 0.180 e. The van der Waals surface area contributed by atoms with Crippen LogP contribution < -0.4 is 4.90 Å². The van der Waals surface area contributed by atoms with Crippen LogP contribution in [0.25, 0.3) is 11.2 Å². The summed E-state index contributed by atoms with van der Waals surface area (Å²) in [7, 11) is 0. The Morgan fingerprint density at radius 2 is 2.09 bits per heavy atom. The van der Waals surface area contributed by atoms with E-state index >= 15 is 0 Å². The highest BCUT2D eigenvalue weighted by Crippen LogP contribution is 2.30. The first-order valence-electron chi connectivity index (χ1n) is 7.55. The number of hydrogen-bond donors (Lipinski definition) is 0. The molecule has 112 valence electrons. The molecular formula is C16H17N5S. The standard InChI is InChI=1S/C16H17N5S/c1-3-14-19-11-4-7-21(9-13(11)22-14)16-10(2)8-12-15(20-16)18-6-5-17-12/h5-6,8H,3-4,7,9H2,1-2H3. The van der Waals surface area contributed by atoms with E-state index in [0.717, 1.165) is 42.8 Å². The van der Waals surface area contributed by atoms with Crippen LogP contribution in [-0.4, -0.2) is 26.5 Å². The third-order valence-electron chi connectivity index (χ3n) is 4.00. The molecule has 0 unspecified atom stereocenters. The fraction of sp³-hybridized carbons (Fsp3) is 0.375. The van der Waals surface area contributed by atoms with Crippen LogP contribution in [-0.2, 0) is 19.4 Å². The highest BCUT2D eigenvalue weighted by molar-refractivity contribution is 7.11. The number of rotatable bonds is 2. The number of anilines is 1. The summed E-state index contributed by atoms with van der Waals surface area (Å²) < 4.78 is 0. The summed E-state index contributed by atoms with van der Waals surface area (Å²) in [6.07, 6.45) is 5.41. The van der Waals surface area contributed by atoms with E-state index < -0.39 is 0 Å². The zero-order valence-electron chi connectivity index (χ0n) is 12.7. The molecule has 0 radical (unpaired) electrons.